The van der Waals surface area contributed by atoms with Crippen LogP contribution in [-0.2, 0) is 4.79 Å². The van der Waals surface area contributed by atoms with E-state index >= 15 is 0 Å². The third-order valence-electron chi connectivity index (χ3n) is 2.10. The van der Waals surface area contributed by atoms with Gasteiger partial charge in [0.25, 0.3) is 0 Å². The molecule has 1 N–H and O–H groups in total. The van der Waals surface area contributed by atoms with Gasteiger partial charge in [-0.05, 0) is 24.3 Å². The molecule has 1 amide bonds. The standard InChI is InChI=1S/C10H9F4NO2/c1-15(6-2-4-7(16)5-3-6)9(17)10(13,14)8(11)12/h2-5,8,16H,1H3. The average Bonchev–Trinajstić information content (AvgIpc) is 2.27. The summed E-state index contributed by atoms with van der Waals surface area (Å²) in [6.45, 7) is 0. The van der Waals surface area contributed by atoms with Gasteiger partial charge in [0, 0.05) is 12.7 Å². The van der Waals surface area contributed by atoms with Crippen LogP contribution in [-0.4, -0.2) is 30.4 Å². The Balaban J connectivity index is 2.94. The van der Waals surface area contributed by atoms with Crippen molar-refractivity contribution >= 4 is 11.6 Å². The number of phenolic OH excluding ortho intramolecular Hbond substituents is 1. The molecule has 1 rings (SSSR count). The van der Waals surface area contributed by atoms with E-state index in [9.17, 15) is 22.4 Å². The van der Waals surface area contributed by atoms with Gasteiger partial charge in [0.05, 0.1) is 0 Å². The maximum Gasteiger partial charge on any atom is 0.384 e. The van der Waals surface area contributed by atoms with Gasteiger partial charge in [-0.25, -0.2) is 8.78 Å². The van der Waals surface area contributed by atoms with Crippen LogP contribution in [0.4, 0.5) is 23.2 Å². The minimum Gasteiger partial charge on any atom is -0.508 e. The number of hydrogen-bond donors (Lipinski definition) is 1. The first kappa shape index (κ1) is 13.3. The fourth-order valence-corrected chi connectivity index (χ4v) is 1.11. The first-order chi connectivity index (χ1) is 7.76. The van der Waals surface area contributed by atoms with Crippen molar-refractivity contribution < 1.29 is 27.5 Å². The van der Waals surface area contributed by atoms with Gasteiger partial charge in [0.2, 0.25) is 0 Å². The lowest BCUT2D eigenvalue weighted by Crippen LogP contribution is -2.46. The van der Waals surface area contributed by atoms with Crippen molar-refractivity contribution in [2.24, 2.45) is 0 Å². The Morgan fingerprint density at radius 3 is 2.18 bits per heavy atom. The maximum absolute atomic E-state index is 12.8. The number of rotatable bonds is 3. The van der Waals surface area contributed by atoms with Gasteiger partial charge in [-0.1, -0.05) is 0 Å². The van der Waals surface area contributed by atoms with Crippen molar-refractivity contribution in [3.63, 3.8) is 0 Å². The Labute approximate surface area is 94.3 Å². The van der Waals surface area contributed by atoms with E-state index in [0.717, 1.165) is 31.3 Å². The molecule has 0 atom stereocenters. The molecular formula is C10H9F4NO2. The predicted octanol–water partition coefficient (Wildman–Crippen LogP) is 2.26. The third-order valence-corrected chi connectivity index (χ3v) is 2.10. The number of halogens is 4. The van der Waals surface area contributed by atoms with Crippen LogP contribution < -0.4 is 4.90 Å². The average molecular weight is 251 g/mol. The summed E-state index contributed by atoms with van der Waals surface area (Å²) in [5.74, 6) is -6.86. The zero-order valence-electron chi connectivity index (χ0n) is 8.70. The monoisotopic (exact) mass is 251 g/mol. The van der Waals surface area contributed by atoms with E-state index in [4.69, 9.17) is 5.11 Å². The minimum absolute atomic E-state index is 0.0203. The topological polar surface area (TPSA) is 40.5 Å². The van der Waals surface area contributed by atoms with Gasteiger partial charge in [-0.2, -0.15) is 8.78 Å². The van der Waals surface area contributed by atoms with E-state index in [1.165, 1.54) is 0 Å². The number of amides is 1. The summed E-state index contributed by atoms with van der Waals surface area (Å²) in [6, 6.07) is 4.63. The van der Waals surface area contributed by atoms with Gasteiger partial charge in [0.1, 0.15) is 5.75 Å². The number of carbonyl (C=O) groups is 1. The Morgan fingerprint density at radius 2 is 1.76 bits per heavy atom. The SMILES string of the molecule is CN(C(=O)C(F)(F)C(F)F)c1ccc(O)cc1. The second-order valence-corrected chi connectivity index (χ2v) is 3.30. The predicted molar refractivity (Wildman–Crippen MR) is 52.5 cm³/mol. The number of carbonyl (C=O) groups excluding carboxylic acids is 1. The van der Waals surface area contributed by atoms with Gasteiger partial charge in [0.15, 0.2) is 0 Å². The number of alkyl halides is 4. The van der Waals surface area contributed by atoms with Gasteiger partial charge < -0.3 is 10.0 Å². The number of aromatic hydroxyl groups is 1. The number of nitrogens with zero attached hydrogens (tertiary/aromatic N) is 1. The molecule has 0 aliphatic rings. The fourth-order valence-electron chi connectivity index (χ4n) is 1.11. The smallest absolute Gasteiger partial charge is 0.384 e. The van der Waals surface area contributed by atoms with Crippen molar-refractivity contribution in [1.82, 2.24) is 0 Å². The molecule has 0 saturated carbocycles. The summed E-state index contributed by atoms with van der Waals surface area (Å²) in [5, 5.41) is 8.95. The lowest BCUT2D eigenvalue weighted by Gasteiger charge is -2.22. The Kier molecular flexibility index (Phi) is 3.59. The van der Waals surface area contributed by atoms with Gasteiger partial charge in [-0.15, -0.1) is 0 Å². The molecule has 0 aliphatic heterocycles. The van der Waals surface area contributed by atoms with E-state index in [1.807, 2.05) is 0 Å². The molecule has 0 heterocycles. The molecule has 0 bridgehead atoms. The first-order valence-electron chi connectivity index (χ1n) is 4.50. The van der Waals surface area contributed by atoms with Gasteiger partial charge >= 0.3 is 18.3 Å². The van der Waals surface area contributed by atoms with Crippen molar-refractivity contribution in [3.05, 3.63) is 24.3 Å². The minimum atomic E-state index is -4.73. The van der Waals surface area contributed by atoms with Crippen molar-refractivity contribution in [3.8, 4) is 5.75 Å². The maximum atomic E-state index is 12.8. The molecule has 1 aromatic rings. The molecule has 3 nitrogen and oxygen atoms in total. The van der Waals surface area contributed by atoms with Gasteiger partial charge in [-0.3, -0.25) is 4.79 Å². The molecule has 0 saturated heterocycles. The van der Waals surface area contributed by atoms with Crippen LogP contribution in [0.25, 0.3) is 0 Å². The first-order valence-corrected chi connectivity index (χ1v) is 4.50. The number of hydrogen-bond acceptors (Lipinski definition) is 2. The summed E-state index contributed by atoms with van der Waals surface area (Å²) in [4.78, 5) is 11.5. The molecule has 17 heavy (non-hydrogen) atoms. The molecular weight excluding hydrogens is 242 g/mol. The lowest BCUT2D eigenvalue weighted by atomic mass is 10.2. The van der Waals surface area contributed by atoms with E-state index < -0.39 is 18.3 Å². The van der Waals surface area contributed by atoms with E-state index in [1.54, 1.807) is 0 Å². The Hall–Kier alpha value is -1.79. The number of anilines is 1. The van der Waals surface area contributed by atoms with Crippen LogP contribution in [0, 0.1) is 0 Å². The van der Waals surface area contributed by atoms with Crippen LogP contribution in [0.3, 0.4) is 0 Å². The molecule has 0 spiro atoms. The Bertz CT molecular complexity index is 405. The summed E-state index contributed by atoms with van der Waals surface area (Å²) < 4.78 is 49.5. The number of benzene rings is 1. The summed E-state index contributed by atoms with van der Waals surface area (Å²) in [7, 11) is 0.949. The van der Waals surface area contributed by atoms with E-state index in [0.29, 0.717) is 4.90 Å². The summed E-state index contributed by atoms with van der Waals surface area (Å²) in [5.41, 5.74) is -0.0203. The normalized spacial score (nSPS) is 11.6. The highest BCUT2D eigenvalue weighted by molar-refractivity contribution is 5.98. The molecule has 0 radical (unpaired) electrons. The second kappa shape index (κ2) is 4.60. The lowest BCUT2D eigenvalue weighted by molar-refractivity contribution is -0.166. The highest BCUT2D eigenvalue weighted by atomic mass is 19.3. The van der Waals surface area contributed by atoms with Crippen LogP contribution in [0.2, 0.25) is 0 Å². The largest absolute Gasteiger partial charge is 0.508 e. The van der Waals surface area contributed by atoms with Crippen LogP contribution in [0.1, 0.15) is 0 Å². The summed E-state index contributed by atoms with van der Waals surface area (Å²) in [6.07, 6.45) is -4.06. The zero-order chi connectivity index (χ0) is 13.2. The van der Waals surface area contributed by atoms with Crippen LogP contribution >= 0.6 is 0 Å². The Morgan fingerprint density at radius 1 is 1.29 bits per heavy atom. The van der Waals surface area contributed by atoms with Crippen LogP contribution in [0.5, 0.6) is 5.75 Å². The molecule has 7 heteroatoms. The highest BCUT2D eigenvalue weighted by Crippen LogP contribution is 2.27. The third kappa shape index (κ3) is 2.66. The van der Waals surface area contributed by atoms with E-state index in [-0.39, 0.29) is 11.4 Å². The van der Waals surface area contributed by atoms with Crippen molar-refractivity contribution in [2.45, 2.75) is 12.3 Å². The second-order valence-electron chi connectivity index (χ2n) is 3.30. The molecule has 0 aromatic heterocycles. The molecule has 94 valence electrons. The quantitative estimate of drug-likeness (QED) is 0.837. The molecule has 1 aromatic carbocycles. The molecule has 0 fully saturated rings. The van der Waals surface area contributed by atoms with Crippen molar-refractivity contribution in [1.29, 1.82) is 0 Å². The fraction of sp³-hybridized carbons (Fsp3) is 0.300. The zero-order valence-corrected chi connectivity index (χ0v) is 8.70. The molecule has 0 aliphatic carbocycles. The van der Waals surface area contributed by atoms with E-state index in [2.05, 4.69) is 0 Å². The highest BCUT2D eigenvalue weighted by Gasteiger charge is 2.50. The number of phenols is 1. The summed E-state index contributed by atoms with van der Waals surface area (Å²) >= 11 is 0. The van der Waals surface area contributed by atoms with Crippen molar-refractivity contribution in [2.75, 3.05) is 11.9 Å². The molecule has 0 unspecified atom stereocenters. The van der Waals surface area contributed by atoms with Crippen LogP contribution in [0.15, 0.2) is 24.3 Å².